The van der Waals surface area contributed by atoms with Gasteiger partial charge >= 0.3 is 0 Å². The molecule has 0 aliphatic rings. The topological polar surface area (TPSA) is 16.3 Å². The summed E-state index contributed by atoms with van der Waals surface area (Å²) in [5.41, 5.74) is 18.5. The fourth-order valence-electron chi connectivity index (χ4n) is 13.6. The van der Waals surface area contributed by atoms with E-state index in [1.807, 2.05) is 0 Å². The van der Waals surface area contributed by atoms with Crippen molar-refractivity contribution in [3.05, 3.63) is 328 Å². The van der Waals surface area contributed by atoms with E-state index in [9.17, 15) is 0 Å². The average Bonchev–Trinajstić information content (AvgIpc) is 1.79. The number of nitrogens with zero attached hydrogens (tertiary/aromatic N) is 4. The van der Waals surface area contributed by atoms with Gasteiger partial charge in [0.2, 0.25) is 0 Å². The standard InChI is InChI=1S/C82H60N4Si/c1-87(2,69-37-19-29-61(53-69)59-27-17-35-65(51-59)83(77-45-21-25-57-23-9-11-39-71(57)77)67-47-49-81-75(55-67)73-41-13-15-43-79(73)85(81)63-31-5-3-6-32-63)70-38-20-30-62(54-70)60-28-18-36-66(52-60)84(78-46-22-26-58-24-10-12-40-72(58)78)68-48-50-82-76(56-68)74-42-14-16-44-80(74)86(82)64-33-7-4-8-34-64/h3-56H,1-2H3. The van der Waals surface area contributed by atoms with Gasteiger partial charge in [-0.1, -0.05) is 242 Å². The Bertz CT molecular complexity index is 4950. The number of benzene rings is 14. The molecule has 0 amide bonds. The lowest BCUT2D eigenvalue weighted by Gasteiger charge is -2.28. The van der Waals surface area contributed by atoms with Gasteiger partial charge in [0.25, 0.3) is 0 Å². The minimum absolute atomic E-state index is 1.10. The van der Waals surface area contributed by atoms with Crippen LogP contribution in [-0.2, 0) is 0 Å². The van der Waals surface area contributed by atoms with Crippen LogP contribution in [0.1, 0.15) is 0 Å². The van der Waals surface area contributed by atoms with Gasteiger partial charge < -0.3 is 18.9 Å². The predicted octanol–water partition coefficient (Wildman–Crippen LogP) is 21.3. The van der Waals surface area contributed by atoms with Gasteiger partial charge in [-0.05, 0) is 142 Å². The average molecular weight is 1130 g/mol. The summed E-state index contributed by atoms with van der Waals surface area (Å²) in [5.74, 6) is 0. The lowest BCUT2D eigenvalue weighted by atomic mass is 10.0. The van der Waals surface area contributed by atoms with Crippen LogP contribution in [0, 0.1) is 0 Å². The largest absolute Gasteiger partial charge is 0.310 e. The first-order chi connectivity index (χ1) is 42.9. The van der Waals surface area contributed by atoms with Crippen molar-refractivity contribution in [2.45, 2.75) is 13.1 Å². The summed E-state index contributed by atoms with van der Waals surface area (Å²) in [5, 5.41) is 12.5. The fourth-order valence-corrected chi connectivity index (χ4v) is 16.0. The molecule has 0 radical (unpaired) electrons. The molecule has 2 heterocycles. The SMILES string of the molecule is C[Si](C)(c1cccc(-c2cccc(N(c3ccc4c(c3)c3ccccc3n4-c3ccccc3)c3cccc4ccccc34)c2)c1)c1cccc(-c2cccc(N(c3ccc4c(c3)c3ccccc3n4-c3ccccc3)c3cccc4ccccc34)c2)c1. The zero-order chi connectivity index (χ0) is 58.0. The number of hydrogen-bond donors (Lipinski definition) is 0. The maximum absolute atomic E-state index is 2.50. The van der Waals surface area contributed by atoms with Crippen LogP contribution in [0.2, 0.25) is 13.1 Å². The molecule has 2 aromatic heterocycles. The van der Waals surface area contributed by atoms with Crippen LogP contribution in [0.5, 0.6) is 0 Å². The Balaban J connectivity index is 0.764. The quantitative estimate of drug-likeness (QED) is 0.113. The molecule has 0 unspecified atom stereocenters. The number of para-hydroxylation sites is 4. The van der Waals surface area contributed by atoms with E-state index in [1.165, 1.54) is 97.8 Å². The first-order valence-electron chi connectivity index (χ1n) is 30.1. The Morgan fingerprint density at radius 2 is 0.575 bits per heavy atom. The highest BCUT2D eigenvalue weighted by molar-refractivity contribution is 7.00. The first-order valence-corrected chi connectivity index (χ1v) is 33.1. The van der Waals surface area contributed by atoms with E-state index in [4.69, 9.17) is 0 Å². The summed E-state index contributed by atoms with van der Waals surface area (Å²) in [6.45, 7) is 5.00. The van der Waals surface area contributed by atoms with Crippen molar-refractivity contribution in [1.29, 1.82) is 0 Å². The van der Waals surface area contributed by atoms with Crippen molar-refractivity contribution in [1.82, 2.24) is 9.13 Å². The number of rotatable bonds is 12. The molecule has 0 saturated carbocycles. The number of aromatic nitrogens is 2. The van der Waals surface area contributed by atoms with Crippen LogP contribution in [0.25, 0.3) is 98.8 Å². The molecule has 0 bridgehead atoms. The second-order valence-electron chi connectivity index (χ2n) is 23.3. The zero-order valence-corrected chi connectivity index (χ0v) is 49.5. The highest BCUT2D eigenvalue weighted by atomic mass is 28.3. The predicted molar refractivity (Wildman–Crippen MR) is 374 cm³/mol. The van der Waals surface area contributed by atoms with E-state index in [0.29, 0.717) is 0 Å². The van der Waals surface area contributed by atoms with Crippen LogP contribution in [0.3, 0.4) is 0 Å². The van der Waals surface area contributed by atoms with E-state index in [2.05, 4.69) is 360 Å². The van der Waals surface area contributed by atoms with Gasteiger partial charge in [-0.3, -0.25) is 0 Å². The molecule has 87 heavy (non-hydrogen) atoms. The maximum Gasteiger partial charge on any atom is 0.112 e. The number of anilines is 6. The van der Waals surface area contributed by atoms with Crippen LogP contribution in [0.4, 0.5) is 34.1 Å². The van der Waals surface area contributed by atoms with Gasteiger partial charge in [-0.15, -0.1) is 0 Å². The third-order valence-corrected chi connectivity index (χ3v) is 21.4. The molecule has 14 aromatic carbocycles. The molecule has 0 saturated heterocycles. The Morgan fingerprint density at radius 3 is 1.02 bits per heavy atom. The van der Waals surface area contributed by atoms with Gasteiger partial charge in [-0.25, -0.2) is 0 Å². The van der Waals surface area contributed by atoms with Crippen LogP contribution >= 0.6 is 0 Å². The van der Waals surface area contributed by atoms with Crippen molar-refractivity contribution in [2.24, 2.45) is 0 Å². The summed E-state index contributed by atoms with van der Waals surface area (Å²) < 4.78 is 4.78. The molecule has 0 spiro atoms. The molecule has 16 rings (SSSR count). The Labute approximate surface area is 508 Å². The maximum atomic E-state index is 2.50. The fraction of sp³-hybridized carbons (Fsp3) is 0.0244. The summed E-state index contributed by atoms with van der Waals surface area (Å²) in [4.78, 5) is 4.91. The molecule has 4 nitrogen and oxygen atoms in total. The van der Waals surface area contributed by atoms with Gasteiger partial charge in [0.15, 0.2) is 0 Å². The summed E-state index contributed by atoms with van der Waals surface area (Å²) in [6.07, 6.45) is 0. The van der Waals surface area contributed by atoms with E-state index < -0.39 is 8.07 Å². The van der Waals surface area contributed by atoms with Gasteiger partial charge in [0, 0.05) is 66.4 Å². The lowest BCUT2D eigenvalue weighted by molar-refractivity contribution is 1.18. The molecular formula is C82H60N4Si. The summed E-state index contributed by atoms with van der Waals surface area (Å²) >= 11 is 0. The highest BCUT2D eigenvalue weighted by Gasteiger charge is 2.28. The first kappa shape index (κ1) is 51.6. The molecule has 5 heteroatoms. The Morgan fingerprint density at radius 1 is 0.241 bits per heavy atom. The molecular weight excluding hydrogens is 1070 g/mol. The van der Waals surface area contributed by atoms with Crippen molar-refractivity contribution in [2.75, 3.05) is 9.80 Å². The highest BCUT2D eigenvalue weighted by Crippen LogP contribution is 2.45. The molecule has 0 fully saturated rings. The molecule has 0 aliphatic carbocycles. The van der Waals surface area contributed by atoms with E-state index in [-0.39, 0.29) is 0 Å². The van der Waals surface area contributed by atoms with Gasteiger partial charge in [0.05, 0.1) is 33.4 Å². The lowest BCUT2D eigenvalue weighted by Crippen LogP contribution is -2.52. The molecule has 412 valence electrons. The molecule has 0 N–H and O–H groups in total. The Kier molecular flexibility index (Phi) is 12.6. The minimum atomic E-state index is -2.29. The van der Waals surface area contributed by atoms with Gasteiger partial charge in [-0.2, -0.15) is 0 Å². The minimum Gasteiger partial charge on any atom is -0.310 e. The zero-order valence-electron chi connectivity index (χ0n) is 48.5. The molecule has 16 aromatic rings. The van der Waals surface area contributed by atoms with Crippen LogP contribution in [0.15, 0.2) is 328 Å². The van der Waals surface area contributed by atoms with Gasteiger partial charge in [0.1, 0.15) is 8.07 Å². The normalized spacial score (nSPS) is 11.8. The molecule has 0 aliphatic heterocycles. The number of hydrogen-bond acceptors (Lipinski definition) is 2. The summed E-state index contributed by atoms with van der Waals surface area (Å²) in [7, 11) is -2.29. The second-order valence-corrected chi connectivity index (χ2v) is 27.7. The van der Waals surface area contributed by atoms with Crippen molar-refractivity contribution in [3.63, 3.8) is 0 Å². The monoisotopic (exact) mass is 1130 g/mol. The van der Waals surface area contributed by atoms with E-state index >= 15 is 0 Å². The Hall–Kier alpha value is -11.0. The van der Waals surface area contributed by atoms with E-state index in [0.717, 1.165) is 45.5 Å². The van der Waals surface area contributed by atoms with Crippen molar-refractivity contribution in [3.8, 4) is 33.6 Å². The van der Waals surface area contributed by atoms with Crippen molar-refractivity contribution < 1.29 is 0 Å². The smallest absolute Gasteiger partial charge is 0.112 e. The summed E-state index contributed by atoms with van der Waals surface area (Å²) in [6, 6.07) is 121. The van der Waals surface area contributed by atoms with Crippen LogP contribution < -0.4 is 20.2 Å². The second kappa shape index (κ2) is 21.3. The third-order valence-electron chi connectivity index (χ3n) is 17.9. The van der Waals surface area contributed by atoms with Crippen molar-refractivity contribution >= 4 is 118 Å². The molecule has 0 atom stereocenters. The number of fused-ring (bicyclic) bond motifs is 8. The van der Waals surface area contributed by atoms with Crippen LogP contribution in [-0.4, -0.2) is 17.2 Å². The third kappa shape index (κ3) is 8.98. The van der Waals surface area contributed by atoms with E-state index in [1.54, 1.807) is 0 Å².